The highest BCUT2D eigenvalue weighted by molar-refractivity contribution is 5.96. The van der Waals surface area contributed by atoms with Crippen LogP contribution in [0.4, 0.5) is 17.1 Å². The molecule has 0 radical (unpaired) electrons. The minimum Gasteiger partial charge on any atom is -0.397 e. The van der Waals surface area contributed by atoms with E-state index >= 15 is 0 Å². The average molecular weight is 283 g/mol. The fraction of sp³-hybridized carbons (Fsp3) is 0.250. The number of nitrogens with two attached hydrogens (primary N) is 1. The molecule has 0 spiro atoms. The zero-order valence-corrected chi connectivity index (χ0v) is 11.6. The number of nitrogen functional groups attached to an aromatic ring is 1. The molecular formula is C16H17N3O2. The van der Waals surface area contributed by atoms with E-state index in [9.17, 15) is 9.59 Å². The summed E-state index contributed by atoms with van der Waals surface area (Å²) >= 11 is 0. The molecule has 0 saturated carbocycles. The van der Waals surface area contributed by atoms with Crippen LogP contribution in [0.1, 0.15) is 25.7 Å². The van der Waals surface area contributed by atoms with Crippen LogP contribution in [-0.2, 0) is 9.59 Å². The van der Waals surface area contributed by atoms with Gasteiger partial charge in [0.1, 0.15) is 0 Å². The molecule has 0 bridgehead atoms. The fourth-order valence-corrected chi connectivity index (χ4v) is 1.56. The van der Waals surface area contributed by atoms with Gasteiger partial charge in [-0.2, -0.15) is 0 Å². The van der Waals surface area contributed by atoms with E-state index < -0.39 is 0 Å². The molecule has 0 heterocycles. The highest BCUT2D eigenvalue weighted by atomic mass is 16.2. The molecule has 5 heteroatoms. The van der Waals surface area contributed by atoms with Gasteiger partial charge in [0.05, 0.1) is 11.4 Å². The van der Waals surface area contributed by atoms with Crippen molar-refractivity contribution in [3.63, 3.8) is 0 Å². The molecule has 1 aromatic rings. The molecule has 0 aromatic heterocycles. The topological polar surface area (TPSA) is 84.2 Å². The molecule has 2 amide bonds. The summed E-state index contributed by atoms with van der Waals surface area (Å²) in [5.74, 6) is 4.40. The summed E-state index contributed by atoms with van der Waals surface area (Å²) in [6.07, 6.45) is 11.4. The number of hydrogen-bond acceptors (Lipinski definition) is 3. The van der Waals surface area contributed by atoms with Crippen molar-refractivity contribution in [3.05, 3.63) is 18.2 Å². The molecule has 0 atom stereocenters. The maximum absolute atomic E-state index is 11.6. The molecular weight excluding hydrogens is 266 g/mol. The summed E-state index contributed by atoms with van der Waals surface area (Å²) in [7, 11) is 0. The van der Waals surface area contributed by atoms with Gasteiger partial charge in [-0.15, -0.1) is 24.7 Å². The van der Waals surface area contributed by atoms with Gasteiger partial charge < -0.3 is 16.4 Å². The number of anilines is 3. The lowest BCUT2D eigenvalue weighted by atomic mass is 10.2. The Morgan fingerprint density at radius 2 is 1.62 bits per heavy atom. The van der Waals surface area contributed by atoms with Crippen molar-refractivity contribution in [2.24, 2.45) is 0 Å². The lowest BCUT2D eigenvalue weighted by molar-refractivity contribution is -0.116. The van der Waals surface area contributed by atoms with Crippen LogP contribution < -0.4 is 16.4 Å². The Morgan fingerprint density at radius 3 is 2.14 bits per heavy atom. The van der Waals surface area contributed by atoms with Crippen LogP contribution in [0.25, 0.3) is 0 Å². The van der Waals surface area contributed by atoms with Gasteiger partial charge in [-0.25, -0.2) is 0 Å². The summed E-state index contributed by atoms with van der Waals surface area (Å²) in [6.45, 7) is 0. The number of nitrogens with one attached hydrogen (secondary N) is 2. The highest BCUT2D eigenvalue weighted by Crippen LogP contribution is 2.23. The van der Waals surface area contributed by atoms with Crippen LogP contribution in [0, 0.1) is 24.7 Å². The van der Waals surface area contributed by atoms with Crippen LogP contribution in [-0.4, -0.2) is 11.8 Å². The molecule has 4 N–H and O–H groups in total. The SMILES string of the molecule is C#CCCC(=O)Nc1ccc(NC(=O)CCC#C)c(N)c1. The van der Waals surface area contributed by atoms with Crippen LogP contribution in [0.5, 0.6) is 0 Å². The third-order valence-corrected chi connectivity index (χ3v) is 2.60. The van der Waals surface area contributed by atoms with Crippen molar-refractivity contribution in [1.82, 2.24) is 0 Å². The lowest BCUT2D eigenvalue weighted by Gasteiger charge is -2.10. The molecule has 108 valence electrons. The number of rotatable bonds is 6. The first-order chi connectivity index (χ1) is 10.1. The minimum atomic E-state index is -0.203. The third kappa shape index (κ3) is 5.71. The molecule has 0 fully saturated rings. The monoisotopic (exact) mass is 283 g/mol. The highest BCUT2D eigenvalue weighted by Gasteiger charge is 2.07. The summed E-state index contributed by atoms with van der Waals surface area (Å²) in [4.78, 5) is 23.1. The van der Waals surface area contributed by atoms with Crippen LogP contribution in [0.2, 0.25) is 0 Å². The van der Waals surface area contributed by atoms with Gasteiger partial charge in [-0.05, 0) is 18.2 Å². The van der Waals surface area contributed by atoms with Gasteiger partial charge >= 0.3 is 0 Å². The van der Waals surface area contributed by atoms with Gasteiger partial charge in [0.2, 0.25) is 11.8 Å². The van der Waals surface area contributed by atoms with Gasteiger partial charge in [-0.3, -0.25) is 9.59 Å². The van der Waals surface area contributed by atoms with E-state index in [-0.39, 0.29) is 24.7 Å². The number of terminal acetylenes is 2. The first-order valence-electron chi connectivity index (χ1n) is 6.43. The molecule has 0 aliphatic carbocycles. The van der Waals surface area contributed by atoms with E-state index in [0.29, 0.717) is 29.9 Å². The Morgan fingerprint density at radius 1 is 1.05 bits per heavy atom. The second kappa shape index (κ2) is 8.29. The maximum atomic E-state index is 11.6. The zero-order chi connectivity index (χ0) is 15.7. The minimum absolute atomic E-state index is 0.182. The van der Waals surface area contributed by atoms with E-state index in [4.69, 9.17) is 18.6 Å². The van der Waals surface area contributed by atoms with Gasteiger partial charge in [0, 0.05) is 31.4 Å². The molecule has 5 nitrogen and oxygen atoms in total. The zero-order valence-electron chi connectivity index (χ0n) is 11.6. The van der Waals surface area contributed by atoms with Crippen molar-refractivity contribution in [1.29, 1.82) is 0 Å². The number of hydrogen-bond donors (Lipinski definition) is 3. The molecule has 1 rings (SSSR count). The molecule has 1 aromatic carbocycles. The van der Waals surface area contributed by atoms with Crippen molar-refractivity contribution in [2.75, 3.05) is 16.4 Å². The Balaban J connectivity index is 2.64. The van der Waals surface area contributed by atoms with Crippen molar-refractivity contribution in [2.45, 2.75) is 25.7 Å². The lowest BCUT2D eigenvalue weighted by Crippen LogP contribution is -2.14. The van der Waals surface area contributed by atoms with E-state index in [1.165, 1.54) is 0 Å². The van der Waals surface area contributed by atoms with Crippen molar-refractivity contribution >= 4 is 28.9 Å². The van der Waals surface area contributed by atoms with Crippen LogP contribution in [0.15, 0.2) is 18.2 Å². The molecule has 0 unspecified atom stereocenters. The van der Waals surface area contributed by atoms with Gasteiger partial charge in [0.15, 0.2) is 0 Å². The van der Waals surface area contributed by atoms with Gasteiger partial charge in [0.25, 0.3) is 0 Å². The summed E-state index contributed by atoms with van der Waals surface area (Å²) in [5.41, 5.74) is 7.23. The van der Waals surface area contributed by atoms with Crippen molar-refractivity contribution in [3.8, 4) is 24.7 Å². The maximum Gasteiger partial charge on any atom is 0.225 e. The first kappa shape index (κ1) is 16.1. The van der Waals surface area contributed by atoms with E-state index in [1.807, 2.05) is 0 Å². The number of carbonyl (C=O) groups is 2. The summed E-state index contributed by atoms with van der Waals surface area (Å²) in [5, 5.41) is 5.34. The second-order valence-corrected chi connectivity index (χ2v) is 4.31. The van der Waals surface area contributed by atoms with E-state index in [2.05, 4.69) is 22.5 Å². The fourth-order valence-electron chi connectivity index (χ4n) is 1.56. The average Bonchev–Trinajstić information content (AvgIpc) is 2.45. The van der Waals surface area contributed by atoms with Crippen molar-refractivity contribution < 1.29 is 9.59 Å². The second-order valence-electron chi connectivity index (χ2n) is 4.31. The molecule has 21 heavy (non-hydrogen) atoms. The molecule has 0 aliphatic heterocycles. The van der Waals surface area contributed by atoms with E-state index in [1.54, 1.807) is 18.2 Å². The third-order valence-electron chi connectivity index (χ3n) is 2.60. The standard InChI is InChI=1S/C16H17N3O2/c1-3-5-7-15(20)18-12-9-10-14(13(17)11-12)19-16(21)8-6-4-2/h1-2,9-11H,5-8,17H2,(H,18,20)(H,19,21). The molecule has 0 saturated heterocycles. The Hall–Kier alpha value is -2.92. The number of carbonyl (C=O) groups excluding carboxylic acids is 2. The quantitative estimate of drug-likeness (QED) is 0.551. The van der Waals surface area contributed by atoms with Crippen LogP contribution in [0.3, 0.4) is 0 Å². The van der Waals surface area contributed by atoms with Crippen LogP contribution >= 0.6 is 0 Å². The number of benzene rings is 1. The Bertz CT molecular complexity index is 609. The van der Waals surface area contributed by atoms with E-state index in [0.717, 1.165) is 0 Å². The summed E-state index contributed by atoms with van der Waals surface area (Å²) < 4.78 is 0. The summed E-state index contributed by atoms with van der Waals surface area (Å²) in [6, 6.07) is 4.85. The number of amides is 2. The Kier molecular flexibility index (Phi) is 6.37. The normalized spacial score (nSPS) is 9.24. The predicted molar refractivity (Wildman–Crippen MR) is 84.2 cm³/mol. The largest absolute Gasteiger partial charge is 0.397 e. The Labute approximate surface area is 124 Å². The first-order valence-corrected chi connectivity index (χ1v) is 6.43. The smallest absolute Gasteiger partial charge is 0.225 e. The molecule has 0 aliphatic rings. The van der Waals surface area contributed by atoms with Gasteiger partial charge in [-0.1, -0.05) is 0 Å². The predicted octanol–water partition coefficient (Wildman–Crippen LogP) is 1.97.